The van der Waals surface area contributed by atoms with Crippen molar-refractivity contribution in [2.45, 2.75) is 19.6 Å². The molecule has 0 radical (unpaired) electrons. The van der Waals surface area contributed by atoms with Crippen molar-refractivity contribution in [2.75, 3.05) is 31.2 Å². The minimum atomic E-state index is -4.31. The second kappa shape index (κ2) is 9.00. The van der Waals surface area contributed by atoms with Gasteiger partial charge in [0.1, 0.15) is 12.4 Å². The van der Waals surface area contributed by atoms with E-state index in [1.165, 1.54) is 17.1 Å². The molecule has 8 heteroatoms. The lowest BCUT2D eigenvalue weighted by molar-refractivity contribution is -0.126. The van der Waals surface area contributed by atoms with E-state index in [2.05, 4.69) is 0 Å². The molecule has 2 aliphatic heterocycles. The molecule has 0 saturated carbocycles. The topological polar surface area (TPSA) is 26.8 Å². The molecule has 5 rings (SSSR count). The van der Waals surface area contributed by atoms with Gasteiger partial charge in [-0.3, -0.25) is 9.80 Å². The van der Waals surface area contributed by atoms with Gasteiger partial charge < -0.3 is 4.90 Å². The number of benzene rings is 3. The van der Waals surface area contributed by atoms with Crippen molar-refractivity contribution in [3.05, 3.63) is 89.2 Å². The molecule has 1 fully saturated rings. The van der Waals surface area contributed by atoms with E-state index in [1.807, 2.05) is 25.1 Å². The first kappa shape index (κ1) is 23.4. The molecule has 1 saturated heterocycles. The number of hydrazine groups is 1. The highest BCUT2D eigenvalue weighted by Crippen LogP contribution is 2.37. The second-order valence-corrected chi connectivity index (χ2v) is 9.25. The number of aryl methyl sites for hydroxylation is 1. The molecule has 3 aromatic rings. The normalized spacial score (nSPS) is 16.4. The van der Waals surface area contributed by atoms with Crippen LogP contribution < -0.4 is 5.01 Å². The fourth-order valence-corrected chi connectivity index (χ4v) is 4.85. The number of carbonyl (C=O) groups excluding carboxylic acids is 1. The molecule has 2 aliphatic rings. The average Bonchev–Trinajstić information content (AvgIpc) is 3.13. The van der Waals surface area contributed by atoms with Gasteiger partial charge in [-0.2, -0.15) is 13.2 Å². The fourth-order valence-electron chi connectivity index (χ4n) is 4.85. The van der Waals surface area contributed by atoms with Crippen LogP contribution in [-0.4, -0.2) is 48.2 Å². The summed E-state index contributed by atoms with van der Waals surface area (Å²) in [5.74, 6) is -0.301. The summed E-state index contributed by atoms with van der Waals surface area (Å²) in [5.41, 5.74) is 4.81. The van der Waals surface area contributed by atoms with E-state index in [0.29, 0.717) is 37.4 Å². The molecule has 1 amide bonds. The Balaban J connectivity index is 1.21. The second-order valence-electron chi connectivity index (χ2n) is 9.25. The van der Waals surface area contributed by atoms with Gasteiger partial charge in [-0.05, 0) is 59.5 Å². The van der Waals surface area contributed by atoms with Gasteiger partial charge >= 0.3 is 6.18 Å². The zero-order valence-corrected chi connectivity index (χ0v) is 19.2. The molecule has 0 unspecified atom stereocenters. The molecular formula is C27H25F4N3O. The summed E-state index contributed by atoms with van der Waals surface area (Å²) in [4.78, 5) is 14.6. The summed E-state index contributed by atoms with van der Waals surface area (Å²) >= 11 is 0. The van der Waals surface area contributed by atoms with Crippen LogP contribution in [0.1, 0.15) is 21.5 Å². The van der Waals surface area contributed by atoms with Crippen molar-refractivity contribution in [1.29, 1.82) is 0 Å². The van der Waals surface area contributed by atoms with Gasteiger partial charge in [0.15, 0.2) is 0 Å². The Morgan fingerprint density at radius 3 is 2.20 bits per heavy atom. The van der Waals surface area contributed by atoms with Gasteiger partial charge in [-0.15, -0.1) is 0 Å². The third kappa shape index (κ3) is 4.89. The average molecular weight is 484 g/mol. The zero-order chi connectivity index (χ0) is 24.7. The van der Waals surface area contributed by atoms with Crippen LogP contribution in [0.25, 0.3) is 11.1 Å². The van der Waals surface area contributed by atoms with Crippen LogP contribution in [0.4, 0.5) is 23.2 Å². The summed E-state index contributed by atoms with van der Waals surface area (Å²) in [5, 5.41) is 3.09. The molecule has 0 aliphatic carbocycles. The van der Waals surface area contributed by atoms with E-state index in [0.717, 1.165) is 22.3 Å². The highest BCUT2D eigenvalue weighted by Gasteiger charge is 2.40. The van der Waals surface area contributed by atoms with E-state index < -0.39 is 12.7 Å². The van der Waals surface area contributed by atoms with Crippen LogP contribution in [0.5, 0.6) is 0 Å². The lowest BCUT2D eigenvalue weighted by Gasteiger charge is -2.43. The van der Waals surface area contributed by atoms with Crippen molar-refractivity contribution in [3.63, 3.8) is 0 Å². The molecule has 182 valence electrons. The third-order valence-electron chi connectivity index (χ3n) is 6.70. The summed E-state index contributed by atoms with van der Waals surface area (Å²) in [7, 11) is 0. The van der Waals surface area contributed by atoms with Crippen molar-refractivity contribution in [2.24, 2.45) is 5.92 Å². The Bertz CT molecular complexity index is 1220. The number of nitrogens with zero attached hydrogens (tertiary/aromatic N) is 3. The number of hydrogen-bond acceptors (Lipinski definition) is 3. The first-order chi connectivity index (χ1) is 16.7. The van der Waals surface area contributed by atoms with Crippen LogP contribution in [-0.2, 0) is 6.54 Å². The Kier molecular flexibility index (Phi) is 6.01. The molecule has 35 heavy (non-hydrogen) atoms. The number of alkyl halides is 3. The monoisotopic (exact) mass is 483 g/mol. The number of amides is 1. The third-order valence-corrected chi connectivity index (χ3v) is 6.70. The summed E-state index contributed by atoms with van der Waals surface area (Å²) in [6.07, 6.45) is -4.31. The lowest BCUT2D eigenvalue weighted by atomic mass is 9.97. The predicted octanol–water partition coefficient (Wildman–Crippen LogP) is 5.67. The predicted molar refractivity (Wildman–Crippen MR) is 126 cm³/mol. The minimum absolute atomic E-state index is 0.0976. The standard InChI is InChI=1S/C27H25F4N3O/c1-18-3-2-4-25-24(18)16-33(34(25)17-27(29,30)31)15-19-13-32(14-19)26(35)22-7-5-20(6-8-22)21-9-11-23(28)12-10-21/h2-12,19H,13-17H2,1H3. The molecule has 2 heterocycles. The first-order valence-electron chi connectivity index (χ1n) is 11.5. The SMILES string of the molecule is Cc1cccc2c1CN(CC1CN(C(=O)c3ccc(-c4ccc(F)cc4)cc3)C1)N2CC(F)(F)F. The molecule has 3 aromatic carbocycles. The Labute approximate surface area is 201 Å². The van der Waals surface area contributed by atoms with E-state index in [9.17, 15) is 22.4 Å². The van der Waals surface area contributed by atoms with Gasteiger partial charge in [0.2, 0.25) is 0 Å². The number of hydrogen-bond donors (Lipinski definition) is 0. The smallest absolute Gasteiger partial charge is 0.338 e. The molecule has 0 atom stereocenters. The summed E-state index contributed by atoms with van der Waals surface area (Å²) in [6, 6.07) is 18.8. The summed E-state index contributed by atoms with van der Waals surface area (Å²) < 4.78 is 53.0. The number of fused-ring (bicyclic) bond motifs is 1. The van der Waals surface area contributed by atoms with Gasteiger partial charge in [-0.25, -0.2) is 9.40 Å². The Morgan fingerprint density at radius 1 is 0.943 bits per heavy atom. The maximum absolute atomic E-state index is 13.3. The number of halogens is 4. The molecule has 0 bridgehead atoms. The van der Waals surface area contributed by atoms with Crippen LogP contribution in [0.15, 0.2) is 66.7 Å². The molecule has 4 nitrogen and oxygen atoms in total. The molecule has 0 aromatic heterocycles. The highest BCUT2D eigenvalue weighted by molar-refractivity contribution is 5.95. The Hall–Kier alpha value is -3.39. The Morgan fingerprint density at radius 2 is 1.57 bits per heavy atom. The van der Waals surface area contributed by atoms with Crippen molar-refractivity contribution in [1.82, 2.24) is 9.91 Å². The molecule has 0 spiro atoms. The zero-order valence-electron chi connectivity index (χ0n) is 19.2. The number of likely N-dealkylation sites (tertiary alicyclic amines) is 1. The van der Waals surface area contributed by atoms with Crippen LogP contribution in [0.3, 0.4) is 0 Å². The van der Waals surface area contributed by atoms with Gasteiger partial charge in [-0.1, -0.05) is 36.4 Å². The quantitative estimate of drug-likeness (QED) is 0.438. The fraction of sp³-hybridized carbons (Fsp3) is 0.296. The van der Waals surface area contributed by atoms with E-state index in [1.54, 1.807) is 46.3 Å². The molecule has 0 N–H and O–H groups in total. The number of anilines is 1. The lowest BCUT2D eigenvalue weighted by Crippen LogP contribution is -2.56. The van der Waals surface area contributed by atoms with Crippen LogP contribution >= 0.6 is 0 Å². The minimum Gasteiger partial charge on any atom is -0.338 e. The van der Waals surface area contributed by atoms with Gasteiger partial charge in [0.25, 0.3) is 5.91 Å². The van der Waals surface area contributed by atoms with Gasteiger partial charge in [0, 0.05) is 37.7 Å². The summed E-state index contributed by atoms with van der Waals surface area (Å²) in [6.45, 7) is 2.79. The van der Waals surface area contributed by atoms with Crippen molar-refractivity contribution < 1.29 is 22.4 Å². The highest BCUT2D eigenvalue weighted by atomic mass is 19.4. The van der Waals surface area contributed by atoms with Crippen molar-refractivity contribution >= 4 is 11.6 Å². The molecular weight excluding hydrogens is 458 g/mol. The van der Waals surface area contributed by atoms with Gasteiger partial charge in [0.05, 0.1) is 5.69 Å². The largest absolute Gasteiger partial charge is 0.407 e. The number of rotatable bonds is 5. The first-order valence-corrected chi connectivity index (χ1v) is 11.5. The maximum atomic E-state index is 13.3. The van der Waals surface area contributed by atoms with Crippen LogP contribution in [0, 0.1) is 18.7 Å². The van der Waals surface area contributed by atoms with Crippen LogP contribution in [0.2, 0.25) is 0 Å². The van der Waals surface area contributed by atoms with E-state index >= 15 is 0 Å². The van der Waals surface area contributed by atoms with E-state index in [-0.39, 0.29) is 17.6 Å². The maximum Gasteiger partial charge on any atom is 0.407 e. The van der Waals surface area contributed by atoms with Crippen molar-refractivity contribution in [3.8, 4) is 11.1 Å². The van der Waals surface area contributed by atoms with E-state index in [4.69, 9.17) is 0 Å². The number of carbonyl (C=O) groups is 1.